The predicted molar refractivity (Wildman–Crippen MR) is 127 cm³/mol. The third kappa shape index (κ3) is 5.30. The number of aromatic nitrogens is 3. The molecule has 2 aromatic heterocycles. The van der Waals surface area contributed by atoms with E-state index in [1.165, 1.54) is 30.3 Å². The fraction of sp³-hybridized carbons (Fsp3) is 0.308. The molecule has 198 valence electrons. The first-order valence-corrected chi connectivity index (χ1v) is 11.8. The van der Waals surface area contributed by atoms with Gasteiger partial charge in [-0.25, -0.2) is 9.37 Å². The molecule has 0 spiro atoms. The monoisotopic (exact) mass is 529 g/mol. The third-order valence-corrected chi connectivity index (χ3v) is 6.72. The molecule has 1 fully saturated rings. The Bertz CT molecular complexity index is 1420. The number of carbonyl (C=O) groups is 1. The van der Waals surface area contributed by atoms with E-state index in [0.29, 0.717) is 30.0 Å². The van der Waals surface area contributed by atoms with Gasteiger partial charge in [-0.15, -0.1) is 0 Å². The Hall–Kier alpha value is -4.06. The van der Waals surface area contributed by atoms with Gasteiger partial charge in [0.2, 0.25) is 11.7 Å². The van der Waals surface area contributed by atoms with Crippen LogP contribution in [0.2, 0.25) is 0 Å². The molecule has 1 amide bonds. The summed E-state index contributed by atoms with van der Waals surface area (Å²) in [5, 5.41) is 6.34. The zero-order valence-corrected chi connectivity index (χ0v) is 20.3. The van der Waals surface area contributed by atoms with E-state index in [1.54, 1.807) is 24.5 Å². The van der Waals surface area contributed by atoms with Gasteiger partial charge >= 0.3 is 12.1 Å². The van der Waals surface area contributed by atoms with Crippen LogP contribution < -0.4 is 5.32 Å². The second-order valence-electron chi connectivity index (χ2n) is 9.31. The molecule has 5 rings (SSSR count). The van der Waals surface area contributed by atoms with Crippen LogP contribution in [0.25, 0.3) is 22.8 Å². The Morgan fingerprint density at radius 2 is 1.82 bits per heavy atom. The summed E-state index contributed by atoms with van der Waals surface area (Å²) in [5.74, 6) is -2.14. The van der Waals surface area contributed by atoms with Crippen molar-refractivity contribution in [1.82, 2.24) is 25.3 Å². The van der Waals surface area contributed by atoms with Crippen molar-refractivity contribution in [3.05, 3.63) is 77.8 Å². The number of oxazole rings is 1. The summed E-state index contributed by atoms with van der Waals surface area (Å²) in [6, 6.07) is 11.8. The molecular formula is C26H23F4N5O3. The second-order valence-corrected chi connectivity index (χ2v) is 9.31. The number of hydrogen-bond donors (Lipinski definition) is 1. The lowest BCUT2D eigenvalue weighted by atomic mass is 9.76. The molecule has 0 bridgehead atoms. The van der Waals surface area contributed by atoms with E-state index in [-0.39, 0.29) is 29.3 Å². The minimum atomic E-state index is -4.76. The number of hydrogen-bond acceptors (Lipinski definition) is 7. The fourth-order valence-electron chi connectivity index (χ4n) is 4.42. The van der Waals surface area contributed by atoms with Crippen LogP contribution in [-0.2, 0) is 11.6 Å². The maximum atomic E-state index is 13.3. The van der Waals surface area contributed by atoms with Crippen molar-refractivity contribution < 1.29 is 31.3 Å². The first-order chi connectivity index (χ1) is 18.1. The zero-order chi connectivity index (χ0) is 26.9. The third-order valence-electron chi connectivity index (χ3n) is 6.72. The number of rotatable bonds is 6. The zero-order valence-electron chi connectivity index (χ0n) is 20.3. The largest absolute Gasteiger partial charge is 0.471 e. The number of nitrogens with zero attached hydrogens (tertiary/aromatic N) is 4. The summed E-state index contributed by atoms with van der Waals surface area (Å²) in [4.78, 5) is 23.3. The van der Waals surface area contributed by atoms with Crippen molar-refractivity contribution in [2.45, 2.75) is 24.4 Å². The minimum Gasteiger partial charge on any atom is -0.444 e. The van der Waals surface area contributed by atoms with Gasteiger partial charge in [0.25, 0.3) is 5.91 Å². The van der Waals surface area contributed by atoms with Gasteiger partial charge in [0, 0.05) is 28.7 Å². The molecule has 0 radical (unpaired) electrons. The van der Waals surface area contributed by atoms with Crippen LogP contribution in [0.1, 0.15) is 34.8 Å². The molecule has 0 saturated carbocycles. The number of halogens is 4. The lowest BCUT2D eigenvalue weighted by molar-refractivity contribution is -0.159. The number of benzene rings is 2. The van der Waals surface area contributed by atoms with Crippen LogP contribution in [0.4, 0.5) is 17.6 Å². The summed E-state index contributed by atoms with van der Waals surface area (Å²) in [6.45, 7) is 1.83. The fourth-order valence-corrected chi connectivity index (χ4v) is 4.42. The van der Waals surface area contributed by atoms with Crippen molar-refractivity contribution in [2.24, 2.45) is 0 Å². The van der Waals surface area contributed by atoms with E-state index in [4.69, 9.17) is 4.42 Å². The second kappa shape index (κ2) is 10.0. The van der Waals surface area contributed by atoms with Gasteiger partial charge in [-0.2, -0.15) is 18.2 Å². The van der Waals surface area contributed by atoms with E-state index in [9.17, 15) is 22.4 Å². The highest BCUT2D eigenvalue weighted by molar-refractivity contribution is 5.95. The molecule has 8 nitrogen and oxygen atoms in total. The molecule has 1 aliphatic heterocycles. The maximum absolute atomic E-state index is 13.3. The first kappa shape index (κ1) is 25.6. The van der Waals surface area contributed by atoms with E-state index in [0.717, 1.165) is 13.1 Å². The molecule has 0 unspecified atom stereocenters. The van der Waals surface area contributed by atoms with Gasteiger partial charge in [0.1, 0.15) is 12.1 Å². The summed E-state index contributed by atoms with van der Waals surface area (Å²) >= 11 is 0. The van der Waals surface area contributed by atoms with E-state index in [2.05, 4.69) is 29.9 Å². The van der Waals surface area contributed by atoms with Gasteiger partial charge in [-0.1, -0.05) is 17.3 Å². The van der Waals surface area contributed by atoms with E-state index < -0.39 is 23.4 Å². The normalized spacial score (nSPS) is 15.9. The van der Waals surface area contributed by atoms with Crippen molar-refractivity contribution in [3.63, 3.8) is 0 Å². The number of nitrogens with one attached hydrogen (secondary N) is 1. The average molecular weight is 529 g/mol. The Morgan fingerprint density at radius 1 is 1.08 bits per heavy atom. The van der Waals surface area contributed by atoms with Crippen LogP contribution in [0.3, 0.4) is 0 Å². The number of alkyl halides is 3. The van der Waals surface area contributed by atoms with Gasteiger partial charge in [-0.3, -0.25) is 4.79 Å². The molecule has 0 aliphatic carbocycles. The summed E-state index contributed by atoms with van der Waals surface area (Å²) in [5.41, 5.74) is 1.27. The molecule has 38 heavy (non-hydrogen) atoms. The highest BCUT2D eigenvalue weighted by Gasteiger charge is 2.39. The number of piperidine rings is 1. The Kier molecular flexibility index (Phi) is 6.74. The predicted octanol–water partition coefficient (Wildman–Crippen LogP) is 4.94. The van der Waals surface area contributed by atoms with Crippen LogP contribution in [-0.4, -0.2) is 52.6 Å². The maximum Gasteiger partial charge on any atom is 0.471 e. The molecule has 1 saturated heterocycles. The minimum absolute atomic E-state index is 0.214. The molecule has 0 atom stereocenters. The van der Waals surface area contributed by atoms with Crippen LogP contribution in [0.15, 0.2) is 63.7 Å². The number of carbonyl (C=O) groups excluding carboxylic acids is 1. The summed E-state index contributed by atoms with van der Waals surface area (Å²) < 4.78 is 61.8. The van der Waals surface area contributed by atoms with E-state index >= 15 is 0 Å². The lowest BCUT2D eigenvalue weighted by Crippen LogP contribution is -2.48. The lowest BCUT2D eigenvalue weighted by Gasteiger charge is -2.39. The molecule has 1 aliphatic rings. The van der Waals surface area contributed by atoms with Crippen molar-refractivity contribution in [1.29, 1.82) is 0 Å². The summed E-state index contributed by atoms with van der Waals surface area (Å²) in [7, 11) is 2.02. The molecule has 1 N–H and O–H groups in total. The Labute approximate surface area is 214 Å². The van der Waals surface area contributed by atoms with Crippen LogP contribution >= 0.6 is 0 Å². The topological polar surface area (TPSA) is 97.3 Å². The Morgan fingerprint density at radius 3 is 2.50 bits per heavy atom. The van der Waals surface area contributed by atoms with Crippen LogP contribution in [0.5, 0.6) is 0 Å². The SMILES string of the molecule is CN1CCC(CNC(=O)c2cccc(-c3noc(C(F)(F)F)n3)c2)(c2coc(-c3ccc(F)cc3)n2)CC1. The number of likely N-dealkylation sites (tertiary alicyclic amines) is 1. The average Bonchev–Trinajstić information content (AvgIpc) is 3.60. The van der Waals surface area contributed by atoms with Gasteiger partial charge < -0.3 is 19.2 Å². The quantitative estimate of drug-likeness (QED) is 0.353. The van der Waals surface area contributed by atoms with Crippen molar-refractivity contribution in [3.8, 4) is 22.8 Å². The smallest absolute Gasteiger partial charge is 0.444 e. The van der Waals surface area contributed by atoms with Crippen LogP contribution in [0, 0.1) is 5.82 Å². The highest BCUT2D eigenvalue weighted by atomic mass is 19.4. The molecular weight excluding hydrogens is 506 g/mol. The Balaban J connectivity index is 1.35. The standard InChI is InChI=1S/C26H23F4N5O3/c1-35-11-9-25(10-12-35,20-14-37-23(32-20)16-5-7-19(27)8-6-16)15-31-22(36)18-4-2-3-17(13-18)21-33-24(38-34-21)26(28,29)30/h2-8,13-14H,9-12,15H2,1H3,(H,31,36). The molecule has 3 heterocycles. The van der Waals surface area contributed by atoms with Gasteiger partial charge in [-0.05, 0) is 69.4 Å². The molecule has 2 aromatic carbocycles. The van der Waals surface area contributed by atoms with Gasteiger partial charge in [0.15, 0.2) is 0 Å². The number of amides is 1. The molecule has 12 heteroatoms. The first-order valence-electron chi connectivity index (χ1n) is 11.8. The highest BCUT2D eigenvalue weighted by Crippen LogP contribution is 2.36. The molecule has 4 aromatic rings. The van der Waals surface area contributed by atoms with Crippen molar-refractivity contribution in [2.75, 3.05) is 26.7 Å². The van der Waals surface area contributed by atoms with Crippen molar-refractivity contribution >= 4 is 5.91 Å². The van der Waals surface area contributed by atoms with E-state index in [1.807, 2.05) is 7.05 Å². The summed E-state index contributed by atoms with van der Waals surface area (Å²) in [6.07, 6.45) is -1.77. The van der Waals surface area contributed by atoms with Gasteiger partial charge in [0.05, 0.1) is 5.69 Å².